The number of anilines is 2. The van der Waals surface area contributed by atoms with Gasteiger partial charge in [0.05, 0.1) is 6.04 Å². The van der Waals surface area contributed by atoms with E-state index >= 15 is 0 Å². The summed E-state index contributed by atoms with van der Waals surface area (Å²) in [7, 11) is 0. The van der Waals surface area contributed by atoms with Gasteiger partial charge in [0.15, 0.2) is 10.8 Å². The quantitative estimate of drug-likeness (QED) is 0.506. The summed E-state index contributed by atoms with van der Waals surface area (Å²) >= 11 is 11.8. The molecule has 2 heterocycles. The fourth-order valence-electron chi connectivity index (χ4n) is 4.62. The minimum absolute atomic E-state index is 0.164. The van der Waals surface area contributed by atoms with Crippen LogP contribution in [-0.4, -0.2) is 16.7 Å². The first-order valence-electron chi connectivity index (χ1n) is 10.4. The lowest BCUT2D eigenvalue weighted by atomic mass is 9.78. The number of aryl methyl sites for hydroxylation is 1. The molecule has 1 saturated heterocycles. The summed E-state index contributed by atoms with van der Waals surface area (Å²) in [6.07, 6.45) is 0. The number of hydrogen-bond donors (Lipinski definition) is 2. The standard InChI is InChI=1S/C25H22ClN3O2S/c1-15-8-13-20-19(14-15)22-21(23(30)27-17-11-9-16(26)10-12-17)25(2,31-20)29(24(32)28-22)18-6-4-3-5-7-18/h3-14,21-22H,1-2H3,(H,27,30)(H,28,32)/t21-,22+,25-/m0/s1. The summed E-state index contributed by atoms with van der Waals surface area (Å²) in [5.74, 6) is -0.00290. The number of amides is 1. The highest BCUT2D eigenvalue weighted by molar-refractivity contribution is 7.80. The normalized spacial score (nSPS) is 23.6. The molecular formula is C25H22ClN3O2S. The third kappa shape index (κ3) is 3.40. The monoisotopic (exact) mass is 463 g/mol. The van der Waals surface area contributed by atoms with Crippen LogP contribution in [0.2, 0.25) is 5.02 Å². The van der Waals surface area contributed by atoms with Gasteiger partial charge in [-0.25, -0.2) is 0 Å². The third-order valence-corrected chi connectivity index (χ3v) is 6.61. The van der Waals surface area contributed by atoms with Crippen molar-refractivity contribution in [1.82, 2.24) is 5.32 Å². The Kier molecular flexibility index (Phi) is 5.07. The predicted octanol–water partition coefficient (Wildman–Crippen LogP) is 5.45. The van der Waals surface area contributed by atoms with Crippen LogP contribution >= 0.6 is 23.8 Å². The zero-order valence-corrected chi connectivity index (χ0v) is 19.2. The average molecular weight is 464 g/mol. The molecule has 3 aromatic carbocycles. The van der Waals surface area contributed by atoms with Gasteiger partial charge < -0.3 is 15.4 Å². The van der Waals surface area contributed by atoms with Crippen LogP contribution < -0.4 is 20.3 Å². The number of para-hydroxylation sites is 1. The zero-order valence-electron chi connectivity index (χ0n) is 17.6. The molecule has 5 nitrogen and oxygen atoms in total. The van der Waals surface area contributed by atoms with Gasteiger partial charge in [-0.15, -0.1) is 0 Å². The van der Waals surface area contributed by atoms with Crippen molar-refractivity contribution >= 4 is 46.2 Å². The lowest BCUT2D eigenvalue weighted by Crippen LogP contribution is -2.72. The van der Waals surface area contributed by atoms with Crippen molar-refractivity contribution in [3.05, 3.63) is 88.9 Å². The largest absolute Gasteiger partial charge is 0.467 e. The van der Waals surface area contributed by atoms with Gasteiger partial charge >= 0.3 is 0 Å². The molecule has 1 amide bonds. The van der Waals surface area contributed by atoms with E-state index in [1.165, 1.54) is 0 Å². The predicted molar refractivity (Wildman–Crippen MR) is 131 cm³/mol. The molecule has 0 aromatic heterocycles. The minimum Gasteiger partial charge on any atom is -0.467 e. The van der Waals surface area contributed by atoms with E-state index in [0.717, 1.165) is 22.6 Å². The van der Waals surface area contributed by atoms with Crippen LogP contribution in [0.25, 0.3) is 0 Å². The summed E-state index contributed by atoms with van der Waals surface area (Å²) in [6.45, 7) is 3.95. The molecule has 2 N–H and O–H groups in total. The van der Waals surface area contributed by atoms with Gasteiger partial charge in [0.2, 0.25) is 5.91 Å². The molecule has 1 fully saturated rings. The van der Waals surface area contributed by atoms with Crippen LogP contribution in [0.5, 0.6) is 5.75 Å². The first-order chi connectivity index (χ1) is 15.4. The highest BCUT2D eigenvalue weighted by Gasteiger charge is 2.59. The van der Waals surface area contributed by atoms with Gasteiger partial charge in [-0.1, -0.05) is 47.5 Å². The van der Waals surface area contributed by atoms with E-state index in [9.17, 15) is 4.79 Å². The number of carbonyl (C=O) groups is 1. The lowest BCUT2D eigenvalue weighted by Gasteiger charge is -2.56. The number of thiocarbonyl (C=S) groups is 1. The van der Waals surface area contributed by atoms with Gasteiger partial charge in [0.25, 0.3) is 0 Å². The number of hydrogen-bond acceptors (Lipinski definition) is 3. The van der Waals surface area contributed by atoms with Gasteiger partial charge in [-0.05, 0) is 68.5 Å². The van der Waals surface area contributed by atoms with Crippen molar-refractivity contribution < 1.29 is 9.53 Å². The smallest absolute Gasteiger partial charge is 0.236 e. The van der Waals surface area contributed by atoms with Crippen molar-refractivity contribution in [2.24, 2.45) is 5.92 Å². The zero-order chi connectivity index (χ0) is 22.5. The van der Waals surface area contributed by atoms with Crippen LogP contribution in [0.4, 0.5) is 11.4 Å². The van der Waals surface area contributed by atoms with Crippen molar-refractivity contribution in [3.63, 3.8) is 0 Å². The Bertz CT molecular complexity index is 1200. The van der Waals surface area contributed by atoms with Crippen LogP contribution in [-0.2, 0) is 4.79 Å². The van der Waals surface area contributed by atoms with E-state index in [4.69, 9.17) is 28.6 Å². The number of benzene rings is 3. The third-order valence-electron chi connectivity index (χ3n) is 6.06. The lowest BCUT2D eigenvalue weighted by molar-refractivity contribution is -0.130. The van der Waals surface area contributed by atoms with Gasteiger partial charge in [-0.2, -0.15) is 0 Å². The van der Waals surface area contributed by atoms with E-state index < -0.39 is 11.6 Å². The van der Waals surface area contributed by atoms with E-state index in [2.05, 4.69) is 16.7 Å². The molecule has 0 saturated carbocycles. The van der Waals surface area contributed by atoms with E-state index in [-0.39, 0.29) is 11.9 Å². The molecule has 0 aliphatic carbocycles. The molecule has 0 unspecified atom stereocenters. The maximum atomic E-state index is 13.7. The van der Waals surface area contributed by atoms with Crippen molar-refractivity contribution in [1.29, 1.82) is 0 Å². The van der Waals surface area contributed by atoms with Crippen LogP contribution in [0, 0.1) is 12.8 Å². The molecule has 0 spiro atoms. The second-order valence-electron chi connectivity index (χ2n) is 8.27. The molecule has 2 aliphatic rings. The second-order valence-corrected chi connectivity index (χ2v) is 9.09. The second kappa shape index (κ2) is 7.80. The van der Waals surface area contributed by atoms with Gasteiger partial charge in [0.1, 0.15) is 11.7 Å². The van der Waals surface area contributed by atoms with Crippen LogP contribution in [0.1, 0.15) is 24.1 Å². The summed E-state index contributed by atoms with van der Waals surface area (Å²) in [5, 5.41) is 7.59. The van der Waals surface area contributed by atoms with E-state index in [0.29, 0.717) is 15.8 Å². The fraction of sp³-hybridized carbons (Fsp3) is 0.200. The summed E-state index contributed by atoms with van der Waals surface area (Å²) in [5.41, 5.74) is 2.50. The Morgan fingerprint density at radius 2 is 1.84 bits per heavy atom. The Morgan fingerprint density at radius 3 is 2.56 bits per heavy atom. The van der Waals surface area contributed by atoms with E-state index in [1.54, 1.807) is 24.3 Å². The number of ether oxygens (including phenoxy) is 1. The first-order valence-corrected chi connectivity index (χ1v) is 11.2. The molecule has 2 bridgehead atoms. The fourth-order valence-corrected chi connectivity index (χ4v) is 5.16. The number of nitrogens with zero attached hydrogens (tertiary/aromatic N) is 1. The van der Waals surface area contributed by atoms with Gasteiger partial charge in [0, 0.05) is 22.0 Å². The summed E-state index contributed by atoms with van der Waals surface area (Å²) < 4.78 is 6.59. The highest BCUT2D eigenvalue weighted by Crippen LogP contribution is 2.50. The minimum atomic E-state index is -1.03. The maximum absolute atomic E-state index is 13.7. The van der Waals surface area contributed by atoms with Gasteiger partial charge in [-0.3, -0.25) is 9.69 Å². The highest BCUT2D eigenvalue weighted by atomic mass is 35.5. The molecule has 3 atom stereocenters. The number of halogens is 1. The first kappa shape index (κ1) is 20.8. The molecule has 2 aliphatic heterocycles. The topological polar surface area (TPSA) is 53.6 Å². The molecule has 32 heavy (non-hydrogen) atoms. The number of carbonyl (C=O) groups excluding carboxylic acids is 1. The molecular weight excluding hydrogens is 442 g/mol. The van der Waals surface area contributed by atoms with Crippen molar-refractivity contribution in [3.8, 4) is 5.75 Å². The maximum Gasteiger partial charge on any atom is 0.236 e. The SMILES string of the molecule is Cc1ccc2c(c1)[C@H]1NC(=S)N(c3ccccc3)[C@@](C)(O2)[C@@H]1C(=O)Nc1ccc(Cl)cc1. The Morgan fingerprint density at radius 1 is 1.12 bits per heavy atom. The van der Waals surface area contributed by atoms with Crippen molar-refractivity contribution in [2.45, 2.75) is 25.6 Å². The number of fused-ring (bicyclic) bond motifs is 4. The summed E-state index contributed by atoms with van der Waals surface area (Å²) in [6, 6.07) is 22.5. The molecule has 3 aromatic rings. The average Bonchev–Trinajstić information content (AvgIpc) is 2.76. The summed E-state index contributed by atoms with van der Waals surface area (Å²) in [4.78, 5) is 15.6. The molecule has 0 radical (unpaired) electrons. The number of nitrogens with one attached hydrogen (secondary N) is 2. The van der Waals surface area contributed by atoms with Crippen LogP contribution in [0.15, 0.2) is 72.8 Å². The Hall–Kier alpha value is -3.09. The molecule has 162 valence electrons. The molecule has 5 rings (SSSR count). The number of rotatable bonds is 3. The Balaban J connectivity index is 1.62. The van der Waals surface area contributed by atoms with E-state index in [1.807, 2.05) is 61.2 Å². The van der Waals surface area contributed by atoms with Crippen molar-refractivity contribution in [2.75, 3.05) is 10.2 Å². The molecule has 7 heteroatoms. The van der Waals surface area contributed by atoms with Crippen LogP contribution in [0.3, 0.4) is 0 Å². The Labute approximate surface area is 197 Å².